The molecular weight excluding hydrogens is 545 g/mol. The van der Waals surface area contributed by atoms with E-state index in [4.69, 9.17) is 0 Å². The summed E-state index contributed by atoms with van der Waals surface area (Å²) in [5, 5.41) is 8.79. The Morgan fingerprint density at radius 2 is 1.79 bits per heavy atom. The van der Waals surface area contributed by atoms with Crippen molar-refractivity contribution in [2.24, 2.45) is 0 Å². The minimum atomic E-state index is -4.64. The third-order valence-corrected chi connectivity index (χ3v) is 6.65. The average molecular weight is 569 g/mol. The molecule has 0 bridgehead atoms. The Morgan fingerprint density at radius 1 is 0.976 bits per heavy atom. The van der Waals surface area contributed by atoms with Crippen LogP contribution in [0.25, 0.3) is 17.3 Å². The van der Waals surface area contributed by atoms with Crippen LogP contribution < -0.4 is 16.0 Å². The maximum atomic E-state index is 13.6. The molecule has 4 N–H and O–H groups in total. The highest BCUT2D eigenvalue weighted by atomic mass is 19.4. The van der Waals surface area contributed by atoms with Crippen molar-refractivity contribution in [1.82, 2.24) is 14.5 Å². The molecule has 5 aromatic rings. The number of benzene rings is 3. The van der Waals surface area contributed by atoms with Crippen LogP contribution in [0.3, 0.4) is 0 Å². The lowest BCUT2D eigenvalue weighted by Gasteiger charge is -2.14. The van der Waals surface area contributed by atoms with Crippen LogP contribution in [-0.4, -0.2) is 26.3 Å². The van der Waals surface area contributed by atoms with Crippen LogP contribution >= 0.6 is 0 Å². The Balaban J connectivity index is 1.21. The SMILES string of the molecule is Cc1cn(-c2cc(C(=O)Nc3cccc(Nc4ccc5c(c4)NC(=O)/C5=C/c4ccc[nH]4)c3)cc(C(F)(F)F)c2)cn1. The molecule has 0 spiro atoms. The zero-order chi connectivity index (χ0) is 29.4. The molecule has 2 aromatic heterocycles. The van der Waals surface area contributed by atoms with Gasteiger partial charge in [0.1, 0.15) is 0 Å². The molecule has 3 aromatic carbocycles. The number of amides is 2. The number of aryl methyl sites for hydroxylation is 1. The molecule has 42 heavy (non-hydrogen) atoms. The molecule has 3 heterocycles. The minimum Gasteiger partial charge on any atom is -0.362 e. The largest absolute Gasteiger partial charge is 0.416 e. The van der Waals surface area contributed by atoms with Gasteiger partial charge in [-0.05, 0) is 73.7 Å². The minimum absolute atomic E-state index is 0.151. The van der Waals surface area contributed by atoms with Gasteiger partial charge in [-0.1, -0.05) is 12.1 Å². The van der Waals surface area contributed by atoms with Gasteiger partial charge >= 0.3 is 6.18 Å². The molecule has 1 aliphatic rings. The number of aromatic amines is 1. The molecular formula is C31H23F3N6O2. The highest BCUT2D eigenvalue weighted by Crippen LogP contribution is 2.36. The summed E-state index contributed by atoms with van der Waals surface area (Å²) in [6.07, 6.45) is 1.89. The van der Waals surface area contributed by atoms with Gasteiger partial charge in [0.25, 0.3) is 11.8 Å². The first-order valence-electron chi connectivity index (χ1n) is 12.8. The lowest BCUT2D eigenvalue weighted by Crippen LogP contribution is -2.15. The fourth-order valence-electron chi connectivity index (χ4n) is 4.67. The number of H-pyrrole nitrogens is 1. The van der Waals surface area contributed by atoms with E-state index in [1.165, 1.54) is 17.0 Å². The van der Waals surface area contributed by atoms with E-state index >= 15 is 0 Å². The summed E-state index contributed by atoms with van der Waals surface area (Å²) in [4.78, 5) is 32.8. The number of carbonyl (C=O) groups excluding carboxylic acids is 2. The Labute approximate surface area is 237 Å². The van der Waals surface area contributed by atoms with Crippen molar-refractivity contribution in [2.75, 3.05) is 16.0 Å². The van der Waals surface area contributed by atoms with E-state index in [-0.39, 0.29) is 17.2 Å². The molecule has 0 atom stereocenters. The molecule has 0 fully saturated rings. The van der Waals surface area contributed by atoms with Crippen LogP contribution in [0.2, 0.25) is 0 Å². The standard InChI is InChI=1S/C31H23F3N6O2/c1-18-16-40(17-36-18)25-11-19(10-20(12-25)31(32,33)34)29(41)38-23-5-2-4-22(13-23)37-24-7-8-26-27(14-21-6-3-9-35-21)30(42)39-28(26)15-24/h2-17,35,37H,1H3,(H,38,41)(H,39,42)/b27-14+. The van der Waals surface area contributed by atoms with Crippen molar-refractivity contribution < 1.29 is 22.8 Å². The molecule has 2 amide bonds. The van der Waals surface area contributed by atoms with E-state index in [9.17, 15) is 22.8 Å². The molecule has 210 valence electrons. The van der Waals surface area contributed by atoms with Gasteiger partial charge in [0.2, 0.25) is 0 Å². The van der Waals surface area contributed by atoms with E-state index in [1.54, 1.807) is 55.7 Å². The first-order chi connectivity index (χ1) is 20.1. The fraction of sp³-hybridized carbons (Fsp3) is 0.0645. The second-order valence-corrected chi connectivity index (χ2v) is 9.75. The summed E-state index contributed by atoms with van der Waals surface area (Å²) in [5.41, 5.74) is 4.18. The summed E-state index contributed by atoms with van der Waals surface area (Å²) in [6.45, 7) is 1.72. The number of alkyl halides is 3. The Hall–Kier alpha value is -5.58. The van der Waals surface area contributed by atoms with Gasteiger partial charge in [0.15, 0.2) is 0 Å². The van der Waals surface area contributed by atoms with Crippen LogP contribution in [0, 0.1) is 6.92 Å². The topological polar surface area (TPSA) is 104 Å². The van der Waals surface area contributed by atoms with E-state index in [2.05, 4.69) is 25.9 Å². The Morgan fingerprint density at radius 3 is 2.52 bits per heavy atom. The number of carbonyl (C=O) groups is 2. The average Bonchev–Trinajstić information content (AvgIpc) is 3.69. The summed E-state index contributed by atoms with van der Waals surface area (Å²) >= 11 is 0. The van der Waals surface area contributed by atoms with E-state index in [1.807, 2.05) is 24.3 Å². The number of aromatic nitrogens is 3. The molecule has 0 saturated heterocycles. The number of imidazole rings is 1. The predicted molar refractivity (Wildman–Crippen MR) is 155 cm³/mol. The van der Waals surface area contributed by atoms with E-state index < -0.39 is 17.6 Å². The Kier molecular flexibility index (Phi) is 6.62. The zero-order valence-corrected chi connectivity index (χ0v) is 22.1. The van der Waals surface area contributed by atoms with Gasteiger partial charge in [0.05, 0.1) is 28.8 Å². The summed E-state index contributed by atoms with van der Waals surface area (Å²) in [5.74, 6) is -0.902. The number of hydrogen-bond donors (Lipinski definition) is 4. The van der Waals surface area contributed by atoms with Crippen molar-refractivity contribution in [1.29, 1.82) is 0 Å². The number of nitrogens with zero attached hydrogens (tertiary/aromatic N) is 2. The van der Waals surface area contributed by atoms with Crippen LogP contribution in [0.4, 0.5) is 35.9 Å². The maximum absolute atomic E-state index is 13.6. The normalized spacial score (nSPS) is 13.6. The number of anilines is 4. The van der Waals surface area contributed by atoms with Gasteiger partial charge in [-0.25, -0.2) is 4.98 Å². The van der Waals surface area contributed by atoms with E-state index in [0.29, 0.717) is 34.0 Å². The first-order valence-corrected chi connectivity index (χ1v) is 12.8. The van der Waals surface area contributed by atoms with Gasteiger partial charge in [-0.15, -0.1) is 0 Å². The maximum Gasteiger partial charge on any atom is 0.416 e. The molecule has 1 aliphatic heterocycles. The summed E-state index contributed by atoms with van der Waals surface area (Å²) < 4.78 is 42.3. The monoisotopic (exact) mass is 568 g/mol. The van der Waals surface area contributed by atoms with Crippen molar-refractivity contribution in [3.8, 4) is 5.69 Å². The van der Waals surface area contributed by atoms with Gasteiger partial charge in [0, 0.05) is 52.0 Å². The number of hydrogen-bond acceptors (Lipinski definition) is 4. The van der Waals surface area contributed by atoms with Crippen molar-refractivity contribution in [3.05, 3.63) is 120 Å². The molecule has 6 rings (SSSR count). The molecule has 0 saturated carbocycles. The van der Waals surface area contributed by atoms with Crippen molar-refractivity contribution in [2.45, 2.75) is 13.1 Å². The number of rotatable bonds is 6. The second kappa shape index (κ2) is 10.4. The van der Waals surface area contributed by atoms with Gasteiger partial charge < -0.3 is 25.5 Å². The van der Waals surface area contributed by atoms with Gasteiger partial charge in [-0.3, -0.25) is 9.59 Å². The van der Waals surface area contributed by atoms with Crippen LogP contribution in [-0.2, 0) is 11.0 Å². The quantitative estimate of drug-likeness (QED) is 0.165. The molecule has 0 aliphatic carbocycles. The number of nitrogens with one attached hydrogen (secondary N) is 4. The first kappa shape index (κ1) is 26.6. The molecule has 11 heteroatoms. The second-order valence-electron chi connectivity index (χ2n) is 9.75. The highest BCUT2D eigenvalue weighted by Gasteiger charge is 2.32. The number of halogens is 3. The smallest absolute Gasteiger partial charge is 0.362 e. The van der Waals surface area contributed by atoms with Crippen LogP contribution in [0.1, 0.15) is 32.9 Å². The molecule has 0 radical (unpaired) electrons. The summed E-state index contributed by atoms with van der Waals surface area (Å²) in [7, 11) is 0. The van der Waals surface area contributed by atoms with E-state index in [0.717, 1.165) is 23.4 Å². The zero-order valence-electron chi connectivity index (χ0n) is 22.1. The third kappa shape index (κ3) is 5.52. The lowest BCUT2D eigenvalue weighted by molar-refractivity contribution is -0.137. The van der Waals surface area contributed by atoms with Crippen LogP contribution in [0.15, 0.2) is 91.5 Å². The molecule has 8 nitrogen and oxygen atoms in total. The highest BCUT2D eigenvalue weighted by molar-refractivity contribution is 6.35. The third-order valence-electron chi connectivity index (χ3n) is 6.65. The lowest BCUT2D eigenvalue weighted by atomic mass is 10.1. The van der Waals surface area contributed by atoms with Crippen LogP contribution in [0.5, 0.6) is 0 Å². The van der Waals surface area contributed by atoms with Crippen molar-refractivity contribution >= 4 is 46.2 Å². The summed E-state index contributed by atoms with van der Waals surface area (Å²) in [6, 6.07) is 19.1. The molecule has 0 unspecified atom stereocenters. The fourth-order valence-corrected chi connectivity index (χ4v) is 4.67. The Bertz CT molecular complexity index is 1850. The van der Waals surface area contributed by atoms with Gasteiger partial charge in [-0.2, -0.15) is 13.2 Å². The van der Waals surface area contributed by atoms with Crippen molar-refractivity contribution in [3.63, 3.8) is 0 Å². The number of fused-ring (bicyclic) bond motifs is 1. The predicted octanol–water partition coefficient (Wildman–Crippen LogP) is 7.02.